The number of Topliss-reactive ketones (excluding diaryl/α,β-unsaturated/α-hetero) is 1. The third kappa shape index (κ3) is 19.7. The number of aryl methyl sites for hydroxylation is 8. The number of aromatic nitrogens is 12. The summed E-state index contributed by atoms with van der Waals surface area (Å²) in [5, 5.41) is 45.6. The lowest BCUT2D eigenvalue weighted by Crippen LogP contribution is -2.19. The molecule has 26 nitrogen and oxygen atoms in total. The first-order valence-corrected chi connectivity index (χ1v) is 28.6. The van der Waals surface area contributed by atoms with Gasteiger partial charge in [-0.05, 0) is 124 Å². The number of amides is 1. The predicted molar refractivity (Wildman–Crippen MR) is 308 cm³/mol. The number of rotatable bonds is 13. The number of nitrogens with one attached hydrogen (secondary N) is 3. The lowest BCUT2D eigenvalue weighted by molar-refractivity contribution is 0.0685. The highest BCUT2D eigenvalue weighted by Gasteiger charge is 2.23. The highest BCUT2D eigenvalue weighted by molar-refractivity contribution is 7.92. The van der Waals surface area contributed by atoms with Crippen LogP contribution >= 0.6 is 0 Å². The Morgan fingerprint density at radius 3 is 1.33 bits per heavy atom. The van der Waals surface area contributed by atoms with E-state index in [0.717, 1.165) is 56.7 Å². The largest absolute Gasteiger partial charge is 0.476 e. The zero-order chi connectivity index (χ0) is 61.2. The number of hydrogen-bond acceptors (Lipinski definition) is 20. The number of aliphatic hydroxyl groups excluding tert-OH is 2. The van der Waals surface area contributed by atoms with Crippen molar-refractivity contribution in [1.82, 2.24) is 59.9 Å². The number of aliphatic hydroxyl groups is 2. The first-order valence-electron chi connectivity index (χ1n) is 24.8. The number of nitrogens with zero attached hydrogens (tertiary/aromatic N) is 12. The molecule has 436 valence electrons. The molecule has 8 aromatic heterocycles. The second-order valence-electron chi connectivity index (χ2n) is 18.3. The molecule has 0 aliphatic heterocycles. The smallest absolute Gasteiger partial charge is 0.413 e. The molecule has 0 fully saturated rings. The van der Waals surface area contributed by atoms with Gasteiger partial charge >= 0.3 is 12.1 Å². The molecule has 8 aromatic rings. The lowest BCUT2D eigenvalue weighted by atomic mass is 10.1. The first-order chi connectivity index (χ1) is 38.4. The molecule has 8 rings (SSSR count). The van der Waals surface area contributed by atoms with E-state index in [0.29, 0.717) is 45.4 Å². The van der Waals surface area contributed by atoms with E-state index in [1.54, 1.807) is 104 Å². The van der Waals surface area contributed by atoms with Crippen LogP contribution in [0.3, 0.4) is 0 Å². The summed E-state index contributed by atoms with van der Waals surface area (Å²) in [5.41, 5.74) is 9.28. The van der Waals surface area contributed by atoms with Gasteiger partial charge in [0, 0.05) is 83.9 Å². The molecule has 3 unspecified atom stereocenters. The van der Waals surface area contributed by atoms with Crippen LogP contribution in [0.2, 0.25) is 0 Å². The summed E-state index contributed by atoms with van der Waals surface area (Å²) in [4.78, 5) is 59.3. The molecule has 0 aliphatic rings. The SMILES string of the molecule is CC(=O)c1cccnc1C.Cc1nc(-c2nnn(C)c2C(=O)O)ccc1NS(C)(=O)=O.Cc1nc(-c2nnn(C)c2NC(=O)OC(C)c2cccnc2C)ccc1NS(C)(=O)=O.Cc1ncccc1C(C)O.Cc1ncccc1C(C)O. The van der Waals surface area contributed by atoms with E-state index in [9.17, 15) is 31.2 Å². The van der Waals surface area contributed by atoms with E-state index in [2.05, 4.69) is 65.3 Å². The number of carboxylic acids is 1. The lowest BCUT2D eigenvalue weighted by Gasteiger charge is -2.16. The van der Waals surface area contributed by atoms with Crippen molar-refractivity contribution in [3.8, 4) is 22.8 Å². The Kier molecular flexibility index (Phi) is 23.5. The number of anilines is 3. The minimum absolute atomic E-state index is 0.0746. The van der Waals surface area contributed by atoms with Gasteiger partial charge in [0.05, 0.1) is 58.9 Å². The molecule has 28 heteroatoms. The van der Waals surface area contributed by atoms with Gasteiger partial charge in [-0.2, -0.15) is 0 Å². The number of ether oxygens (including phenoxy) is 1. The van der Waals surface area contributed by atoms with E-state index < -0.39 is 50.4 Å². The summed E-state index contributed by atoms with van der Waals surface area (Å²) in [5.74, 6) is -0.809. The van der Waals surface area contributed by atoms with Gasteiger partial charge in [-0.1, -0.05) is 28.6 Å². The van der Waals surface area contributed by atoms with Crippen LogP contribution in [0.5, 0.6) is 0 Å². The predicted octanol–water partition coefficient (Wildman–Crippen LogP) is 7.30. The zero-order valence-electron chi connectivity index (χ0n) is 47.8. The minimum atomic E-state index is -3.43. The second kappa shape index (κ2) is 29.5. The standard InChI is InChI=1S/C19H23N7O4S.C11H13N5O4S.2C8H11NO.C8H9NO/c1-11-14(7-6-10-20-11)13(3)30-19(27)22-18-17(23-25-26(18)4)16-9-8-15(12(2)21-16)24-31(5,28)29;1-6-7(14-21(3,19)20)4-5-8(12-6)9-10(11(17)18)16(2)15-13-9;3*1-6-8(7(2)10)4-3-5-9-6/h6-10,13,24H,1-5H3,(H,22,27);4-5,14H,1-3H3,(H,17,18);2*3-5,7,10H,1-2H3;3-5H,1-2H3. The Morgan fingerprint density at radius 1 is 0.561 bits per heavy atom. The Balaban J connectivity index is 0.000000242. The van der Waals surface area contributed by atoms with E-state index in [-0.39, 0.29) is 23.0 Å². The Bertz CT molecular complexity index is 3690. The topological polar surface area (TPSA) is 364 Å². The summed E-state index contributed by atoms with van der Waals surface area (Å²) in [6.45, 7) is 17.5. The second-order valence-corrected chi connectivity index (χ2v) is 21.8. The Hall–Kier alpha value is -8.99. The molecule has 0 aromatic carbocycles. The van der Waals surface area contributed by atoms with Crippen LogP contribution in [0.1, 0.15) is 118 Å². The summed E-state index contributed by atoms with van der Waals surface area (Å²) in [7, 11) is -3.76. The minimum Gasteiger partial charge on any atom is -0.476 e. The normalized spacial score (nSPS) is 11.9. The first kappa shape index (κ1) is 65.5. The monoisotopic (exact) mass is 1170 g/mol. The van der Waals surface area contributed by atoms with Crippen molar-refractivity contribution >= 4 is 55.1 Å². The van der Waals surface area contributed by atoms with Crippen LogP contribution in [0.15, 0.2) is 97.6 Å². The quantitative estimate of drug-likeness (QED) is 0.0616. The third-order valence-corrected chi connectivity index (χ3v) is 12.7. The van der Waals surface area contributed by atoms with Crippen LogP contribution in [0.4, 0.5) is 22.0 Å². The van der Waals surface area contributed by atoms with Crippen molar-refractivity contribution in [2.24, 2.45) is 14.1 Å². The van der Waals surface area contributed by atoms with Crippen molar-refractivity contribution in [3.63, 3.8) is 0 Å². The number of aromatic carboxylic acids is 1. The van der Waals surface area contributed by atoms with Gasteiger partial charge in [0.25, 0.3) is 0 Å². The molecule has 82 heavy (non-hydrogen) atoms. The maximum atomic E-state index is 12.5. The number of carbonyl (C=O) groups is 3. The van der Waals surface area contributed by atoms with Gasteiger partial charge in [0.2, 0.25) is 20.0 Å². The molecule has 3 atom stereocenters. The van der Waals surface area contributed by atoms with Crippen molar-refractivity contribution in [2.45, 2.75) is 87.5 Å². The average molecular weight is 1170 g/mol. The Labute approximate surface area is 475 Å². The molecule has 0 radical (unpaired) electrons. The number of carbonyl (C=O) groups excluding carboxylic acids is 2. The van der Waals surface area contributed by atoms with Gasteiger partial charge in [-0.3, -0.25) is 39.5 Å². The van der Waals surface area contributed by atoms with Gasteiger partial charge < -0.3 is 20.1 Å². The third-order valence-electron chi connectivity index (χ3n) is 11.5. The molecule has 0 saturated carbocycles. The summed E-state index contributed by atoms with van der Waals surface area (Å²) in [6, 6.07) is 20.7. The highest BCUT2D eigenvalue weighted by Crippen LogP contribution is 2.28. The van der Waals surface area contributed by atoms with Crippen LogP contribution < -0.4 is 14.8 Å². The molecule has 8 heterocycles. The molecule has 0 bridgehead atoms. The number of ketones is 1. The molecule has 0 spiro atoms. The molecule has 0 aliphatic carbocycles. The van der Waals surface area contributed by atoms with E-state index >= 15 is 0 Å². The highest BCUT2D eigenvalue weighted by atomic mass is 32.2. The summed E-state index contributed by atoms with van der Waals surface area (Å²) in [6.07, 6.45) is 6.88. The fraction of sp³-hybridized carbons (Fsp3) is 0.315. The van der Waals surface area contributed by atoms with Crippen molar-refractivity contribution in [2.75, 3.05) is 27.3 Å². The number of hydrogen-bond donors (Lipinski definition) is 6. The van der Waals surface area contributed by atoms with Gasteiger partial charge in [0.15, 0.2) is 23.0 Å². The van der Waals surface area contributed by atoms with Crippen molar-refractivity contribution < 1.29 is 51.3 Å². The van der Waals surface area contributed by atoms with E-state index in [1.165, 1.54) is 23.9 Å². The van der Waals surface area contributed by atoms with Gasteiger partial charge in [-0.15, -0.1) is 10.2 Å². The molecule has 0 saturated heterocycles. The summed E-state index contributed by atoms with van der Waals surface area (Å²) < 4.78 is 58.1. The summed E-state index contributed by atoms with van der Waals surface area (Å²) >= 11 is 0. The van der Waals surface area contributed by atoms with Crippen LogP contribution in [-0.2, 0) is 38.9 Å². The van der Waals surface area contributed by atoms with Crippen molar-refractivity contribution in [3.05, 3.63) is 160 Å². The molecule has 1 amide bonds. The fourth-order valence-electron chi connectivity index (χ4n) is 7.45. The van der Waals surface area contributed by atoms with Crippen LogP contribution in [0, 0.1) is 41.5 Å². The fourth-order valence-corrected chi connectivity index (χ4v) is 8.68. The number of carboxylic acid groups (broad SMARTS) is 1. The van der Waals surface area contributed by atoms with Crippen molar-refractivity contribution in [1.29, 1.82) is 0 Å². The number of pyridine rings is 6. The van der Waals surface area contributed by atoms with Crippen LogP contribution in [0.25, 0.3) is 22.8 Å². The average Bonchev–Trinajstić information content (AvgIpc) is 4.15. The van der Waals surface area contributed by atoms with E-state index in [4.69, 9.17) is 20.1 Å². The maximum absolute atomic E-state index is 12.5. The molecular formula is C54H67N15O11S2. The Morgan fingerprint density at radius 2 is 0.963 bits per heavy atom. The van der Waals surface area contributed by atoms with Gasteiger partial charge in [0.1, 0.15) is 11.8 Å². The maximum Gasteiger partial charge on any atom is 0.413 e. The number of sulfonamides is 2. The zero-order valence-corrected chi connectivity index (χ0v) is 49.4. The molecule has 6 N–H and O–H groups in total. The van der Waals surface area contributed by atoms with Gasteiger partial charge in [-0.25, -0.2) is 45.8 Å². The molecular weight excluding hydrogens is 1100 g/mol. The van der Waals surface area contributed by atoms with E-state index in [1.807, 2.05) is 58.0 Å². The van der Waals surface area contributed by atoms with Crippen LogP contribution in [-0.4, -0.2) is 122 Å².